The van der Waals surface area contributed by atoms with Crippen molar-refractivity contribution in [1.29, 1.82) is 0 Å². The molecule has 3 heterocycles. The number of carbonyl (C=O) groups excluding carboxylic acids is 1. The number of rotatable bonds is 4. The lowest BCUT2D eigenvalue weighted by molar-refractivity contribution is -0.158. The number of carbonyl (C=O) groups is 1. The molecule has 5 rings (SSSR count). The zero-order chi connectivity index (χ0) is 27.5. The first-order valence-electron chi connectivity index (χ1n) is 12.1. The summed E-state index contributed by atoms with van der Waals surface area (Å²) in [5.41, 5.74) is 1.94. The van der Waals surface area contributed by atoms with E-state index in [0.29, 0.717) is 34.9 Å². The van der Waals surface area contributed by atoms with Crippen molar-refractivity contribution in [2.75, 3.05) is 13.7 Å². The van der Waals surface area contributed by atoms with Crippen LogP contribution in [-0.2, 0) is 15.9 Å². The normalized spacial score (nSPS) is 24.7. The summed E-state index contributed by atoms with van der Waals surface area (Å²) in [7, 11) is 1.17. The summed E-state index contributed by atoms with van der Waals surface area (Å²) in [6, 6.07) is 2.98. The second kappa shape index (κ2) is 9.07. The van der Waals surface area contributed by atoms with Crippen molar-refractivity contribution >= 4 is 16.7 Å². The number of esters is 1. The van der Waals surface area contributed by atoms with Crippen molar-refractivity contribution in [3.05, 3.63) is 80.3 Å². The van der Waals surface area contributed by atoms with Crippen LogP contribution in [0.2, 0.25) is 0 Å². The maximum atomic E-state index is 12.7. The number of aromatic hydroxyl groups is 1. The summed E-state index contributed by atoms with van der Waals surface area (Å²) in [6.07, 6.45) is 0.897. The molecule has 10 nitrogen and oxygen atoms in total. The number of phenolic OH excluding ortho intramolecular Hbond substituents is 1. The molecule has 4 N–H and O–H groups in total. The van der Waals surface area contributed by atoms with Gasteiger partial charge in [-0.25, -0.2) is 9.59 Å². The molecule has 0 bridgehead atoms. The van der Waals surface area contributed by atoms with Gasteiger partial charge in [-0.3, -0.25) is 0 Å². The molecule has 1 aromatic carbocycles. The molecule has 1 spiro atoms. The Morgan fingerprint density at radius 2 is 2.03 bits per heavy atom. The molecular formula is C28H28O10. The van der Waals surface area contributed by atoms with E-state index in [1.54, 1.807) is 13.0 Å². The van der Waals surface area contributed by atoms with E-state index in [1.165, 1.54) is 19.3 Å². The van der Waals surface area contributed by atoms with E-state index in [-0.39, 0.29) is 46.3 Å². The summed E-state index contributed by atoms with van der Waals surface area (Å²) in [5.74, 6) is -3.06. The third-order valence-corrected chi connectivity index (χ3v) is 7.37. The highest BCUT2D eigenvalue weighted by Gasteiger charge is 2.52. The number of aliphatic hydroxyl groups excluding tert-OH is 3. The van der Waals surface area contributed by atoms with E-state index in [9.17, 15) is 30.0 Å². The van der Waals surface area contributed by atoms with E-state index < -0.39 is 35.8 Å². The largest absolute Gasteiger partial charge is 0.508 e. The fraction of sp³-hybridized carbons (Fsp3) is 0.357. The average Bonchev–Trinajstić information content (AvgIpc) is 3.25. The summed E-state index contributed by atoms with van der Waals surface area (Å²) >= 11 is 0. The van der Waals surface area contributed by atoms with Crippen molar-refractivity contribution in [3.63, 3.8) is 0 Å². The number of hydrogen-bond donors (Lipinski definition) is 4. The molecule has 2 unspecified atom stereocenters. The van der Waals surface area contributed by atoms with E-state index in [1.807, 2.05) is 6.92 Å². The van der Waals surface area contributed by atoms with Gasteiger partial charge in [0.15, 0.2) is 11.5 Å². The number of benzene rings is 1. The van der Waals surface area contributed by atoms with Crippen LogP contribution in [0.3, 0.4) is 0 Å². The van der Waals surface area contributed by atoms with Crippen LogP contribution < -0.4 is 10.4 Å². The van der Waals surface area contributed by atoms with Gasteiger partial charge in [0.1, 0.15) is 23.0 Å². The lowest BCUT2D eigenvalue weighted by Gasteiger charge is -2.36. The maximum Gasteiger partial charge on any atom is 0.374 e. The second-order valence-electron chi connectivity index (χ2n) is 9.75. The zero-order valence-electron chi connectivity index (χ0n) is 21.2. The number of methoxy groups -OCH3 is 1. The third-order valence-electron chi connectivity index (χ3n) is 7.37. The molecule has 0 fully saturated rings. The Morgan fingerprint density at radius 3 is 2.68 bits per heavy atom. The fourth-order valence-electron chi connectivity index (χ4n) is 5.67. The topological polar surface area (TPSA) is 156 Å². The third kappa shape index (κ3) is 3.79. The van der Waals surface area contributed by atoms with Crippen molar-refractivity contribution in [2.24, 2.45) is 5.92 Å². The quantitative estimate of drug-likeness (QED) is 0.346. The molecule has 0 saturated carbocycles. The Hall–Kier alpha value is -4.02. The highest BCUT2D eigenvalue weighted by atomic mass is 16.7. The molecule has 0 radical (unpaired) electrons. The number of allylic oxidation sites excluding steroid dienone is 2. The standard InChI is InChI=1S/C28H28O10/c1-12(2)19-13(3)16-11-28(38-25(16)23(32)21(19)17(30)6-8-29)7-5-14-9-15-10-18(26(33)35-4)36-27(34)20(15)22(31)24(14)37-28/h6,9-10,13,23,29-32H,1,5,7-8,11H2,2-4H3/b17-6-/t13?,23?,28-/m0/s1. The molecule has 10 heteroatoms. The maximum absolute atomic E-state index is 12.7. The molecular weight excluding hydrogens is 496 g/mol. The minimum Gasteiger partial charge on any atom is -0.508 e. The van der Waals surface area contributed by atoms with Gasteiger partial charge in [-0.1, -0.05) is 19.1 Å². The predicted molar refractivity (Wildman–Crippen MR) is 135 cm³/mol. The van der Waals surface area contributed by atoms with Crippen LogP contribution in [-0.4, -0.2) is 52.0 Å². The molecule has 3 aliphatic rings. The molecule has 0 amide bonds. The van der Waals surface area contributed by atoms with E-state index in [4.69, 9.17) is 13.9 Å². The smallest absolute Gasteiger partial charge is 0.374 e. The molecule has 1 aliphatic carbocycles. The molecule has 2 aromatic rings. The van der Waals surface area contributed by atoms with Gasteiger partial charge in [0.25, 0.3) is 5.79 Å². The number of ether oxygens (including phenoxy) is 3. The van der Waals surface area contributed by atoms with Gasteiger partial charge < -0.3 is 39.1 Å². The molecule has 38 heavy (non-hydrogen) atoms. The lowest BCUT2D eigenvalue weighted by Crippen LogP contribution is -2.40. The Bertz CT molecular complexity index is 1540. The number of aliphatic hydroxyl groups is 3. The van der Waals surface area contributed by atoms with Crippen LogP contribution in [0.25, 0.3) is 10.8 Å². The summed E-state index contributed by atoms with van der Waals surface area (Å²) < 4.78 is 22.2. The van der Waals surface area contributed by atoms with Crippen LogP contribution >= 0.6 is 0 Å². The van der Waals surface area contributed by atoms with Gasteiger partial charge in [0, 0.05) is 17.9 Å². The summed E-state index contributed by atoms with van der Waals surface area (Å²) in [4.78, 5) is 24.5. The Labute approximate surface area is 217 Å². The van der Waals surface area contributed by atoms with Gasteiger partial charge in [-0.2, -0.15) is 0 Å². The fourth-order valence-corrected chi connectivity index (χ4v) is 5.67. The van der Waals surface area contributed by atoms with Crippen molar-refractivity contribution in [2.45, 2.75) is 45.0 Å². The monoisotopic (exact) mass is 524 g/mol. The van der Waals surface area contributed by atoms with E-state index in [2.05, 4.69) is 11.3 Å². The molecule has 2 aliphatic heterocycles. The van der Waals surface area contributed by atoms with E-state index in [0.717, 1.165) is 5.57 Å². The Morgan fingerprint density at radius 1 is 1.29 bits per heavy atom. The number of phenols is 1. The van der Waals surface area contributed by atoms with Gasteiger partial charge >= 0.3 is 11.6 Å². The zero-order valence-corrected chi connectivity index (χ0v) is 21.2. The van der Waals surface area contributed by atoms with Gasteiger partial charge in [0.05, 0.1) is 20.1 Å². The lowest BCUT2D eigenvalue weighted by atomic mass is 9.76. The van der Waals surface area contributed by atoms with Crippen molar-refractivity contribution in [3.8, 4) is 11.5 Å². The van der Waals surface area contributed by atoms with Crippen molar-refractivity contribution in [1.82, 2.24) is 0 Å². The van der Waals surface area contributed by atoms with Crippen LogP contribution in [0.5, 0.6) is 11.5 Å². The van der Waals surface area contributed by atoms with E-state index >= 15 is 0 Å². The summed E-state index contributed by atoms with van der Waals surface area (Å²) in [6.45, 7) is 7.27. The number of hydrogen-bond acceptors (Lipinski definition) is 10. The second-order valence-corrected chi connectivity index (χ2v) is 9.75. The SMILES string of the molecule is C=C(C)C1=C(/C(O)=C/CO)C(O)C2=C(C[C@]3(CCc4cc5cc(C(=O)OC)oc(=O)c5c(O)c4O3)O2)C1C. The minimum absolute atomic E-state index is 0.0557. The minimum atomic E-state index is -1.32. The van der Waals surface area contributed by atoms with Crippen LogP contribution in [0.4, 0.5) is 0 Å². The van der Waals surface area contributed by atoms with Crippen LogP contribution in [0.15, 0.2) is 67.8 Å². The first kappa shape index (κ1) is 25.6. The van der Waals surface area contributed by atoms with Gasteiger partial charge in [-0.15, -0.1) is 0 Å². The van der Waals surface area contributed by atoms with Gasteiger partial charge in [0.2, 0.25) is 5.76 Å². The molecule has 3 atom stereocenters. The first-order chi connectivity index (χ1) is 18.0. The van der Waals surface area contributed by atoms with Crippen molar-refractivity contribution < 1.29 is 43.8 Å². The Balaban J connectivity index is 1.53. The predicted octanol–water partition coefficient (Wildman–Crippen LogP) is 3.30. The Kier molecular flexibility index (Phi) is 6.12. The number of fused-ring (bicyclic) bond motifs is 2. The molecule has 1 aromatic heterocycles. The molecule has 200 valence electrons. The van der Waals surface area contributed by atoms with Crippen LogP contribution in [0, 0.1) is 5.92 Å². The average molecular weight is 525 g/mol. The van der Waals surface area contributed by atoms with Gasteiger partial charge in [-0.05, 0) is 53.6 Å². The number of aryl methyl sites for hydroxylation is 1. The molecule has 0 saturated heterocycles. The van der Waals surface area contributed by atoms with Crippen LogP contribution in [0.1, 0.15) is 42.8 Å². The highest BCUT2D eigenvalue weighted by Crippen LogP contribution is 2.54. The summed E-state index contributed by atoms with van der Waals surface area (Å²) in [5, 5.41) is 42.3. The highest BCUT2D eigenvalue weighted by molar-refractivity contribution is 5.95. The first-order valence-corrected chi connectivity index (χ1v) is 12.1.